The molecular formula is C42H54N4O9S2. The first-order valence-corrected chi connectivity index (χ1v) is 20.5. The molecule has 2 saturated heterocycles. The summed E-state index contributed by atoms with van der Waals surface area (Å²) in [5, 5.41) is 20.9. The lowest BCUT2D eigenvalue weighted by Crippen LogP contribution is -2.30. The van der Waals surface area contributed by atoms with Crippen LogP contribution in [-0.2, 0) is 28.5 Å². The van der Waals surface area contributed by atoms with E-state index < -0.39 is 29.4 Å². The second-order valence-corrected chi connectivity index (χ2v) is 17.3. The number of carboxylic acid groups (broad SMARTS) is 1. The molecule has 0 radical (unpaired) electrons. The number of aliphatic carboxylic acids is 1. The molecule has 57 heavy (non-hydrogen) atoms. The minimum absolute atomic E-state index is 0.0566. The fourth-order valence-corrected chi connectivity index (χ4v) is 7.04. The Hall–Kier alpha value is -4.96. The molecule has 0 unspecified atom stereocenters. The first kappa shape index (κ1) is 44.8. The van der Waals surface area contributed by atoms with Crippen molar-refractivity contribution in [2.24, 2.45) is 11.8 Å². The number of rotatable bonds is 7. The Kier molecular flexibility index (Phi) is 16.5. The van der Waals surface area contributed by atoms with E-state index in [1.165, 1.54) is 0 Å². The molecule has 4 heterocycles. The average molecular weight is 823 g/mol. The number of nitrogens with one attached hydrogen (secondary N) is 3. The number of thiophene rings is 2. The number of ether oxygens (including phenoxy) is 4. The lowest BCUT2D eigenvalue weighted by molar-refractivity contribution is -0.144. The number of carbonyl (C=O) groups is 4. The van der Waals surface area contributed by atoms with Crippen molar-refractivity contribution in [2.45, 2.75) is 78.4 Å². The maximum atomic E-state index is 12.7. The molecule has 15 heteroatoms. The van der Waals surface area contributed by atoms with Crippen molar-refractivity contribution >= 4 is 69.5 Å². The zero-order valence-electron chi connectivity index (χ0n) is 33.3. The first-order valence-electron chi connectivity index (χ1n) is 18.8. The van der Waals surface area contributed by atoms with Crippen LogP contribution in [0.3, 0.4) is 0 Å². The van der Waals surface area contributed by atoms with E-state index in [-0.39, 0.29) is 17.7 Å². The van der Waals surface area contributed by atoms with Crippen LogP contribution in [0.5, 0.6) is 0 Å². The van der Waals surface area contributed by atoms with Gasteiger partial charge in [0, 0.05) is 42.1 Å². The van der Waals surface area contributed by atoms with E-state index in [4.69, 9.17) is 29.8 Å². The third kappa shape index (κ3) is 15.5. The second kappa shape index (κ2) is 21.0. The van der Waals surface area contributed by atoms with E-state index in [9.17, 15) is 19.2 Å². The number of benzene rings is 2. The van der Waals surface area contributed by atoms with Gasteiger partial charge < -0.3 is 35.1 Å². The third-order valence-corrected chi connectivity index (χ3v) is 10.2. The summed E-state index contributed by atoms with van der Waals surface area (Å²) >= 11 is 3.26. The molecule has 308 valence electrons. The van der Waals surface area contributed by atoms with Crippen molar-refractivity contribution in [3.8, 4) is 20.9 Å². The van der Waals surface area contributed by atoms with Gasteiger partial charge in [-0.25, -0.2) is 9.59 Å². The lowest BCUT2D eigenvalue weighted by Gasteiger charge is -2.23. The molecule has 2 aliphatic heterocycles. The number of carboxylic acids is 1. The van der Waals surface area contributed by atoms with Crippen LogP contribution in [0.15, 0.2) is 71.4 Å². The summed E-state index contributed by atoms with van der Waals surface area (Å²) in [7, 11) is 0. The number of nitrogens with two attached hydrogens (primary N) is 1. The smallest absolute Gasteiger partial charge is 0.412 e. The molecular weight excluding hydrogens is 769 g/mol. The van der Waals surface area contributed by atoms with Crippen LogP contribution < -0.4 is 21.7 Å². The molecule has 0 bridgehead atoms. The molecule has 4 aromatic rings. The lowest BCUT2D eigenvalue weighted by atomic mass is 9.99. The zero-order chi connectivity index (χ0) is 41.6. The van der Waals surface area contributed by atoms with Gasteiger partial charge in [-0.3, -0.25) is 20.2 Å². The molecule has 0 saturated carbocycles. The summed E-state index contributed by atoms with van der Waals surface area (Å²) in [5.41, 5.74) is 8.99. The van der Waals surface area contributed by atoms with E-state index >= 15 is 0 Å². The Bertz CT molecular complexity index is 1910. The van der Waals surface area contributed by atoms with Crippen molar-refractivity contribution in [3.05, 3.63) is 71.4 Å². The quantitative estimate of drug-likeness (QED) is 0.112. The van der Waals surface area contributed by atoms with Gasteiger partial charge in [-0.05, 0) is 126 Å². The van der Waals surface area contributed by atoms with Gasteiger partial charge in [0.2, 0.25) is 5.91 Å². The van der Waals surface area contributed by atoms with Crippen LogP contribution in [0.2, 0.25) is 0 Å². The maximum Gasteiger partial charge on any atom is 0.412 e. The topological polar surface area (TPSA) is 188 Å². The third-order valence-electron chi connectivity index (χ3n) is 8.37. The highest BCUT2D eigenvalue weighted by Crippen LogP contribution is 2.33. The molecule has 2 aromatic carbocycles. The van der Waals surface area contributed by atoms with Crippen molar-refractivity contribution in [1.29, 1.82) is 0 Å². The van der Waals surface area contributed by atoms with Gasteiger partial charge in [0.1, 0.15) is 11.2 Å². The summed E-state index contributed by atoms with van der Waals surface area (Å²) in [5.74, 6) is -0.982. The van der Waals surface area contributed by atoms with Crippen LogP contribution >= 0.6 is 22.7 Å². The molecule has 6 rings (SSSR count). The van der Waals surface area contributed by atoms with Crippen molar-refractivity contribution in [1.82, 2.24) is 0 Å². The number of nitrogen functional groups attached to an aromatic ring is 1. The number of amides is 3. The Morgan fingerprint density at radius 1 is 0.649 bits per heavy atom. The van der Waals surface area contributed by atoms with Crippen molar-refractivity contribution in [3.63, 3.8) is 0 Å². The molecule has 6 N–H and O–H groups in total. The highest BCUT2D eigenvalue weighted by atomic mass is 32.1. The van der Waals surface area contributed by atoms with E-state index in [1.807, 2.05) is 80.1 Å². The Morgan fingerprint density at radius 3 is 1.53 bits per heavy atom. The number of hydrogen-bond acceptors (Lipinski definition) is 11. The predicted octanol–water partition coefficient (Wildman–Crippen LogP) is 9.97. The van der Waals surface area contributed by atoms with Gasteiger partial charge in [-0.2, -0.15) is 0 Å². The Morgan fingerprint density at radius 2 is 1.11 bits per heavy atom. The number of hydrogen-bond donors (Lipinski definition) is 5. The molecule has 0 atom stereocenters. The van der Waals surface area contributed by atoms with Crippen LogP contribution in [0, 0.1) is 11.8 Å². The first-order chi connectivity index (χ1) is 27.0. The number of anilines is 4. The van der Waals surface area contributed by atoms with Crippen molar-refractivity contribution in [2.75, 3.05) is 48.1 Å². The molecule has 3 amide bonds. The predicted molar refractivity (Wildman–Crippen MR) is 227 cm³/mol. The molecule has 2 fully saturated rings. The fraction of sp³-hybridized carbons (Fsp3) is 0.429. The van der Waals surface area contributed by atoms with E-state index in [0.717, 1.165) is 20.9 Å². The SMILES string of the molecule is CC(C)(C)OC(=O)Nc1ccc(-c2cccs2)cc1N.CC(C)(C)OC(=O)Nc1ccc(-c2cccs2)cc1NC(=O)C1CCOCC1.O=C(O)C1CCOCC1. The highest BCUT2D eigenvalue weighted by molar-refractivity contribution is 7.13. The van der Waals surface area contributed by atoms with E-state index in [1.54, 1.807) is 55.6 Å². The summed E-state index contributed by atoms with van der Waals surface area (Å²) in [4.78, 5) is 49.2. The monoisotopic (exact) mass is 822 g/mol. The van der Waals surface area contributed by atoms with Gasteiger partial charge in [0.25, 0.3) is 0 Å². The van der Waals surface area contributed by atoms with Gasteiger partial charge >= 0.3 is 18.2 Å². The van der Waals surface area contributed by atoms with Gasteiger partial charge in [0.15, 0.2) is 0 Å². The van der Waals surface area contributed by atoms with Gasteiger partial charge in [0.05, 0.1) is 28.7 Å². The standard InChI is InChI=1S/C21H26N2O4S.C15H18N2O2S.C6H10O3/c1-21(2,3)27-20(25)23-16-7-6-15(18-5-4-12-28-18)13-17(16)22-19(24)14-8-10-26-11-9-14;1-15(2,3)19-14(18)17-12-7-6-10(9-11(12)16)13-5-4-8-20-13;7-6(8)5-1-3-9-4-2-5/h4-7,12-14H,8-11H2,1-3H3,(H,22,24)(H,23,25);4-9H,16H2,1-3H3,(H,17,18);5H,1-4H2,(H,7,8). The average Bonchev–Trinajstić information content (AvgIpc) is 3.89. The molecule has 0 spiro atoms. The summed E-state index contributed by atoms with van der Waals surface area (Å²) in [6.07, 6.45) is 1.69. The maximum absolute atomic E-state index is 12.7. The van der Waals surface area contributed by atoms with Crippen LogP contribution in [0.25, 0.3) is 20.9 Å². The second-order valence-electron chi connectivity index (χ2n) is 15.4. The highest BCUT2D eigenvalue weighted by Gasteiger charge is 2.24. The molecule has 0 aliphatic carbocycles. The summed E-state index contributed by atoms with van der Waals surface area (Å²) in [6, 6.07) is 19.2. The Labute approximate surface area is 342 Å². The van der Waals surface area contributed by atoms with Gasteiger partial charge in [-0.1, -0.05) is 24.3 Å². The van der Waals surface area contributed by atoms with Crippen LogP contribution in [0.4, 0.5) is 32.3 Å². The molecule has 13 nitrogen and oxygen atoms in total. The van der Waals surface area contributed by atoms with Crippen LogP contribution in [-0.4, -0.2) is 66.8 Å². The molecule has 2 aromatic heterocycles. The normalized spacial score (nSPS) is 14.8. The zero-order valence-corrected chi connectivity index (χ0v) is 35.0. The van der Waals surface area contributed by atoms with Crippen molar-refractivity contribution < 1.29 is 43.2 Å². The summed E-state index contributed by atoms with van der Waals surface area (Å²) in [6.45, 7) is 13.3. The van der Waals surface area contributed by atoms with E-state index in [2.05, 4.69) is 16.0 Å². The fourth-order valence-electron chi connectivity index (χ4n) is 5.59. The van der Waals surface area contributed by atoms with Gasteiger partial charge in [-0.15, -0.1) is 22.7 Å². The van der Waals surface area contributed by atoms with E-state index in [0.29, 0.717) is 74.9 Å². The molecule has 2 aliphatic rings. The largest absolute Gasteiger partial charge is 0.481 e. The minimum atomic E-state index is -0.682. The summed E-state index contributed by atoms with van der Waals surface area (Å²) < 4.78 is 20.9. The van der Waals surface area contributed by atoms with Crippen LogP contribution in [0.1, 0.15) is 67.2 Å². The minimum Gasteiger partial charge on any atom is -0.481 e. The Balaban J connectivity index is 0.000000215. The number of carbonyl (C=O) groups excluding carboxylic acids is 3.